The van der Waals surface area contributed by atoms with Crippen LogP contribution in [0.1, 0.15) is 12.8 Å². The summed E-state index contributed by atoms with van der Waals surface area (Å²) < 4.78 is 82.9. The van der Waals surface area contributed by atoms with Crippen molar-refractivity contribution < 1.29 is 30.4 Å². The van der Waals surface area contributed by atoms with E-state index >= 15 is 0 Å². The molecule has 1 heterocycles. The molecule has 3 rings (SSSR count). The van der Waals surface area contributed by atoms with Gasteiger partial charge in [-0.25, -0.2) is 16.8 Å². The van der Waals surface area contributed by atoms with Crippen molar-refractivity contribution in [2.24, 2.45) is 0 Å². The summed E-state index contributed by atoms with van der Waals surface area (Å²) in [5.74, 6) is -0.325. The van der Waals surface area contributed by atoms with Crippen LogP contribution >= 0.6 is 0 Å². The molecular formula is C17H18F2N2O5S2. The monoisotopic (exact) mass is 432 g/mol. The van der Waals surface area contributed by atoms with E-state index in [1.165, 1.54) is 40.7 Å². The number of nitrogens with one attached hydrogen (secondary N) is 1. The Morgan fingerprint density at radius 1 is 0.893 bits per heavy atom. The van der Waals surface area contributed by atoms with E-state index in [2.05, 4.69) is 9.46 Å². The summed E-state index contributed by atoms with van der Waals surface area (Å²) in [6, 6.07) is 10.1. The highest BCUT2D eigenvalue weighted by Crippen LogP contribution is 2.28. The lowest BCUT2D eigenvalue weighted by Gasteiger charge is -2.16. The summed E-state index contributed by atoms with van der Waals surface area (Å²) in [6.45, 7) is -2.24. The van der Waals surface area contributed by atoms with Crippen LogP contribution in [-0.2, 0) is 20.0 Å². The van der Waals surface area contributed by atoms with E-state index in [9.17, 15) is 25.6 Å². The maximum Gasteiger partial charge on any atom is 0.387 e. The molecule has 0 aliphatic carbocycles. The number of para-hydroxylation sites is 2. The lowest BCUT2D eigenvalue weighted by atomic mass is 10.3. The van der Waals surface area contributed by atoms with Gasteiger partial charge in [0.1, 0.15) is 5.75 Å². The third-order valence-corrected chi connectivity index (χ3v) is 7.48. The molecule has 2 aromatic rings. The highest BCUT2D eigenvalue weighted by atomic mass is 32.2. The Labute approximate surface area is 162 Å². The summed E-state index contributed by atoms with van der Waals surface area (Å²) in [7, 11) is -7.80. The van der Waals surface area contributed by atoms with Gasteiger partial charge in [-0.3, -0.25) is 4.72 Å². The Hall–Kier alpha value is -2.24. The van der Waals surface area contributed by atoms with Crippen LogP contribution in [0.2, 0.25) is 0 Å². The quantitative estimate of drug-likeness (QED) is 0.726. The van der Waals surface area contributed by atoms with Crippen LogP contribution in [0.4, 0.5) is 14.5 Å². The van der Waals surface area contributed by atoms with Crippen molar-refractivity contribution in [2.45, 2.75) is 29.2 Å². The fourth-order valence-electron chi connectivity index (χ4n) is 2.82. The van der Waals surface area contributed by atoms with Crippen LogP contribution in [0, 0.1) is 0 Å². The van der Waals surface area contributed by atoms with Crippen LogP contribution < -0.4 is 9.46 Å². The first kappa shape index (κ1) is 20.5. The molecule has 0 aromatic heterocycles. The van der Waals surface area contributed by atoms with Gasteiger partial charge < -0.3 is 4.74 Å². The van der Waals surface area contributed by atoms with Crippen LogP contribution in [0.25, 0.3) is 0 Å². The van der Waals surface area contributed by atoms with Gasteiger partial charge in [0.2, 0.25) is 10.0 Å². The second kappa shape index (κ2) is 8.02. The number of anilines is 1. The average molecular weight is 432 g/mol. The predicted octanol–water partition coefficient (Wildman–Crippen LogP) is 2.87. The smallest absolute Gasteiger partial charge is 0.387 e. The van der Waals surface area contributed by atoms with Crippen LogP contribution in [0.3, 0.4) is 0 Å². The first-order chi connectivity index (χ1) is 13.2. The molecule has 1 N–H and O–H groups in total. The van der Waals surface area contributed by atoms with E-state index in [0.717, 1.165) is 25.0 Å². The molecule has 1 saturated heterocycles. The lowest BCUT2D eigenvalue weighted by Crippen LogP contribution is -2.27. The summed E-state index contributed by atoms with van der Waals surface area (Å²) in [5, 5.41) is 0. The Morgan fingerprint density at radius 3 is 2.07 bits per heavy atom. The fourth-order valence-corrected chi connectivity index (χ4v) is 5.41. The van der Waals surface area contributed by atoms with Gasteiger partial charge in [0.05, 0.1) is 15.5 Å². The molecule has 0 unspecified atom stereocenters. The van der Waals surface area contributed by atoms with Gasteiger partial charge in [-0.05, 0) is 49.2 Å². The third kappa shape index (κ3) is 4.42. The van der Waals surface area contributed by atoms with E-state index < -0.39 is 26.7 Å². The maximum atomic E-state index is 12.5. The van der Waals surface area contributed by atoms with Gasteiger partial charge in [-0.2, -0.15) is 13.1 Å². The zero-order valence-corrected chi connectivity index (χ0v) is 16.2. The largest absolute Gasteiger partial charge is 0.433 e. The second-order valence-corrected chi connectivity index (χ2v) is 9.68. The van der Waals surface area contributed by atoms with Crippen LogP contribution in [0.5, 0.6) is 5.75 Å². The highest BCUT2D eigenvalue weighted by Gasteiger charge is 2.27. The van der Waals surface area contributed by atoms with Crippen molar-refractivity contribution in [2.75, 3.05) is 17.8 Å². The standard InChI is InChI=1S/C17H18F2N2O5S2/c18-17(19)26-16-6-2-1-5-15(16)20-27(22,23)13-7-9-14(10-8-13)28(24,25)21-11-3-4-12-21/h1-2,5-10,17,20H,3-4,11-12H2. The zero-order valence-electron chi connectivity index (χ0n) is 14.6. The van der Waals surface area contributed by atoms with Crippen molar-refractivity contribution in [1.29, 1.82) is 0 Å². The number of halogens is 2. The van der Waals surface area contributed by atoms with Gasteiger partial charge in [0, 0.05) is 13.1 Å². The van der Waals surface area contributed by atoms with Crippen LogP contribution in [0.15, 0.2) is 58.3 Å². The summed E-state index contributed by atoms with van der Waals surface area (Å²) in [6.07, 6.45) is 1.57. The van der Waals surface area contributed by atoms with E-state index in [1.54, 1.807) is 0 Å². The summed E-state index contributed by atoms with van der Waals surface area (Å²) in [5.41, 5.74) is -0.156. The maximum absolute atomic E-state index is 12.5. The van der Waals surface area contributed by atoms with Gasteiger partial charge in [0.15, 0.2) is 0 Å². The molecule has 0 spiro atoms. The number of hydrogen-bond acceptors (Lipinski definition) is 5. The Bertz CT molecular complexity index is 1040. The van der Waals surface area contributed by atoms with Gasteiger partial charge in [0.25, 0.3) is 10.0 Å². The first-order valence-electron chi connectivity index (χ1n) is 8.37. The SMILES string of the molecule is O=S(=O)(Nc1ccccc1OC(F)F)c1ccc(S(=O)(=O)N2CCCC2)cc1. The molecule has 2 aromatic carbocycles. The number of hydrogen-bond donors (Lipinski definition) is 1. The van der Waals surface area contributed by atoms with Crippen molar-refractivity contribution in [3.05, 3.63) is 48.5 Å². The van der Waals surface area contributed by atoms with Gasteiger partial charge >= 0.3 is 6.61 Å². The van der Waals surface area contributed by atoms with Crippen molar-refractivity contribution in [3.63, 3.8) is 0 Å². The Balaban J connectivity index is 1.84. The molecule has 0 atom stereocenters. The van der Waals surface area contributed by atoms with E-state index in [-0.39, 0.29) is 21.2 Å². The van der Waals surface area contributed by atoms with Crippen LogP contribution in [-0.4, -0.2) is 40.8 Å². The molecule has 28 heavy (non-hydrogen) atoms. The summed E-state index contributed by atoms with van der Waals surface area (Å²) >= 11 is 0. The summed E-state index contributed by atoms with van der Waals surface area (Å²) in [4.78, 5) is -0.213. The number of sulfonamides is 2. The fraction of sp³-hybridized carbons (Fsp3) is 0.294. The number of nitrogens with zero attached hydrogens (tertiary/aromatic N) is 1. The van der Waals surface area contributed by atoms with E-state index in [1.807, 2.05) is 0 Å². The predicted molar refractivity (Wildman–Crippen MR) is 98.3 cm³/mol. The molecular weight excluding hydrogens is 414 g/mol. The first-order valence-corrected chi connectivity index (χ1v) is 11.3. The molecule has 11 heteroatoms. The third-order valence-electron chi connectivity index (χ3n) is 4.18. The molecule has 0 bridgehead atoms. The molecule has 0 saturated carbocycles. The normalized spacial score (nSPS) is 15.7. The number of benzene rings is 2. The highest BCUT2D eigenvalue weighted by molar-refractivity contribution is 7.92. The molecule has 152 valence electrons. The Morgan fingerprint density at radius 2 is 1.46 bits per heavy atom. The van der Waals surface area contributed by atoms with Crippen molar-refractivity contribution in [1.82, 2.24) is 4.31 Å². The average Bonchev–Trinajstić information content (AvgIpc) is 3.18. The molecule has 0 radical (unpaired) electrons. The molecule has 1 aliphatic rings. The van der Waals surface area contributed by atoms with Crippen molar-refractivity contribution in [3.8, 4) is 5.75 Å². The Kier molecular flexibility index (Phi) is 5.87. The minimum atomic E-state index is -4.14. The topological polar surface area (TPSA) is 92.8 Å². The number of rotatable bonds is 7. The molecule has 1 fully saturated rings. The minimum absolute atomic E-state index is 0.00483. The molecule has 7 nitrogen and oxygen atoms in total. The van der Waals surface area contributed by atoms with E-state index in [0.29, 0.717) is 13.1 Å². The van der Waals surface area contributed by atoms with Gasteiger partial charge in [-0.1, -0.05) is 12.1 Å². The minimum Gasteiger partial charge on any atom is -0.433 e. The van der Waals surface area contributed by atoms with E-state index in [4.69, 9.17) is 0 Å². The lowest BCUT2D eigenvalue weighted by molar-refractivity contribution is -0.0493. The van der Waals surface area contributed by atoms with Gasteiger partial charge in [-0.15, -0.1) is 0 Å². The second-order valence-electron chi connectivity index (χ2n) is 6.06. The van der Waals surface area contributed by atoms with Crippen molar-refractivity contribution >= 4 is 25.7 Å². The molecule has 0 amide bonds. The number of ether oxygens (including phenoxy) is 1. The molecule has 1 aliphatic heterocycles. The number of alkyl halides is 2. The zero-order chi connectivity index (χ0) is 20.4.